The average molecular weight is 278 g/mol. The second-order valence-corrected chi connectivity index (χ2v) is 5.60. The van der Waals surface area contributed by atoms with Crippen molar-refractivity contribution < 1.29 is 14.6 Å². The highest BCUT2D eigenvalue weighted by Gasteiger charge is 2.26. The number of fused-ring (bicyclic) bond motifs is 1. The van der Waals surface area contributed by atoms with Crippen LogP contribution < -0.4 is 9.47 Å². The lowest BCUT2D eigenvalue weighted by atomic mass is 9.95. The molecule has 0 bridgehead atoms. The van der Waals surface area contributed by atoms with Crippen LogP contribution in [0, 0.1) is 0 Å². The number of hydrogen-bond donors (Lipinski definition) is 1. The maximum atomic E-state index is 10.3. The topological polar surface area (TPSA) is 38.7 Å². The number of aliphatic hydroxyl groups is 1. The van der Waals surface area contributed by atoms with Crippen LogP contribution in [0.15, 0.2) is 18.2 Å². The van der Waals surface area contributed by atoms with Gasteiger partial charge in [0.25, 0.3) is 0 Å². The van der Waals surface area contributed by atoms with Gasteiger partial charge >= 0.3 is 0 Å². The molecule has 0 aliphatic carbocycles. The Balaban J connectivity index is 1.87. The summed E-state index contributed by atoms with van der Waals surface area (Å²) in [5.74, 6) is 1.58. The fraction of sp³-hybridized carbons (Fsp3) is 0.647. The van der Waals surface area contributed by atoms with E-state index >= 15 is 0 Å². The van der Waals surface area contributed by atoms with Crippen LogP contribution in [0.25, 0.3) is 0 Å². The van der Waals surface area contributed by atoms with E-state index in [0.29, 0.717) is 6.42 Å². The lowest BCUT2D eigenvalue weighted by Gasteiger charge is -2.30. The van der Waals surface area contributed by atoms with E-state index in [9.17, 15) is 5.11 Å². The van der Waals surface area contributed by atoms with Gasteiger partial charge in [0.15, 0.2) is 0 Å². The summed E-state index contributed by atoms with van der Waals surface area (Å²) in [7, 11) is 1.64. The number of rotatable bonds is 7. The molecule has 1 aliphatic heterocycles. The molecule has 3 heteroatoms. The standard InChI is InChI=1S/C17H26O3/c1-3-4-5-6-7-8-14-12-16(18)15-11-13(19-2)9-10-17(15)20-14/h9-11,14,16,18H,3-8,12H2,1-2H3. The van der Waals surface area contributed by atoms with Gasteiger partial charge in [-0.25, -0.2) is 0 Å². The first kappa shape index (κ1) is 15.2. The SMILES string of the molecule is CCCCCCCC1CC(O)c2cc(OC)ccc2O1. The molecule has 0 saturated heterocycles. The number of hydrogen-bond acceptors (Lipinski definition) is 3. The number of unbranched alkanes of at least 4 members (excludes halogenated alkanes) is 4. The minimum absolute atomic E-state index is 0.146. The zero-order chi connectivity index (χ0) is 14.4. The molecule has 0 radical (unpaired) electrons. The first-order valence-electron chi connectivity index (χ1n) is 7.77. The quantitative estimate of drug-likeness (QED) is 0.758. The molecule has 0 saturated carbocycles. The molecule has 2 atom stereocenters. The van der Waals surface area contributed by atoms with E-state index < -0.39 is 6.10 Å². The fourth-order valence-electron chi connectivity index (χ4n) is 2.78. The molecule has 0 amide bonds. The lowest BCUT2D eigenvalue weighted by molar-refractivity contribution is 0.0602. The normalized spacial score (nSPS) is 21.1. The van der Waals surface area contributed by atoms with Crippen LogP contribution in [0.4, 0.5) is 0 Å². The van der Waals surface area contributed by atoms with Crippen LogP contribution in [-0.2, 0) is 0 Å². The third-order valence-corrected chi connectivity index (χ3v) is 3.99. The summed E-state index contributed by atoms with van der Waals surface area (Å²) in [6, 6.07) is 5.66. The smallest absolute Gasteiger partial charge is 0.125 e. The Morgan fingerprint density at radius 2 is 2.05 bits per heavy atom. The summed E-state index contributed by atoms with van der Waals surface area (Å²) in [4.78, 5) is 0. The highest BCUT2D eigenvalue weighted by Crippen LogP contribution is 2.38. The summed E-state index contributed by atoms with van der Waals surface area (Å²) in [5, 5.41) is 10.3. The summed E-state index contributed by atoms with van der Waals surface area (Å²) in [6.45, 7) is 2.23. The van der Waals surface area contributed by atoms with E-state index in [1.807, 2.05) is 18.2 Å². The Morgan fingerprint density at radius 3 is 2.80 bits per heavy atom. The van der Waals surface area contributed by atoms with Crippen molar-refractivity contribution in [3.05, 3.63) is 23.8 Å². The van der Waals surface area contributed by atoms with Gasteiger partial charge in [-0.1, -0.05) is 32.6 Å². The van der Waals surface area contributed by atoms with Gasteiger partial charge in [-0.05, 0) is 31.0 Å². The Labute approximate surface area is 121 Å². The second kappa shape index (κ2) is 7.53. The first-order chi connectivity index (χ1) is 9.74. The minimum atomic E-state index is -0.436. The van der Waals surface area contributed by atoms with E-state index in [1.165, 1.54) is 32.1 Å². The third-order valence-electron chi connectivity index (χ3n) is 3.99. The van der Waals surface area contributed by atoms with Crippen molar-refractivity contribution in [3.8, 4) is 11.5 Å². The van der Waals surface area contributed by atoms with Crippen molar-refractivity contribution in [3.63, 3.8) is 0 Å². The zero-order valence-electron chi connectivity index (χ0n) is 12.6. The van der Waals surface area contributed by atoms with Gasteiger partial charge < -0.3 is 14.6 Å². The van der Waals surface area contributed by atoms with Crippen molar-refractivity contribution >= 4 is 0 Å². The molecule has 1 heterocycles. The van der Waals surface area contributed by atoms with Crippen molar-refractivity contribution in [2.24, 2.45) is 0 Å². The Morgan fingerprint density at radius 1 is 1.25 bits per heavy atom. The van der Waals surface area contributed by atoms with Crippen LogP contribution in [-0.4, -0.2) is 18.3 Å². The molecular formula is C17H26O3. The molecule has 2 unspecified atom stereocenters. The molecule has 112 valence electrons. The maximum absolute atomic E-state index is 10.3. The van der Waals surface area contributed by atoms with Gasteiger partial charge in [-0.3, -0.25) is 0 Å². The van der Waals surface area contributed by atoms with Crippen LogP contribution in [0.5, 0.6) is 11.5 Å². The van der Waals surface area contributed by atoms with Gasteiger partial charge in [-0.15, -0.1) is 0 Å². The maximum Gasteiger partial charge on any atom is 0.125 e. The fourth-order valence-corrected chi connectivity index (χ4v) is 2.78. The molecule has 1 aromatic carbocycles. The number of ether oxygens (including phenoxy) is 2. The highest BCUT2D eigenvalue weighted by atomic mass is 16.5. The van der Waals surface area contributed by atoms with Crippen LogP contribution in [0.1, 0.15) is 63.5 Å². The lowest BCUT2D eigenvalue weighted by Crippen LogP contribution is -2.25. The predicted molar refractivity (Wildman–Crippen MR) is 80.4 cm³/mol. The number of methoxy groups -OCH3 is 1. The monoisotopic (exact) mass is 278 g/mol. The summed E-state index contributed by atoms with van der Waals surface area (Å²) in [5.41, 5.74) is 0.853. The Bertz CT molecular complexity index is 417. The number of benzene rings is 1. The summed E-state index contributed by atoms with van der Waals surface area (Å²) >= 11 is 0. The zero-order valence-corrected chi connectivity index (χ0v) is 12.6. The molecule has 2 rings (SSSR count). The van der Waals surface area contributed by atoms with Crippen LogP contribution in [0.2, 0.25) is 0 Å². The molecular weight excluding hydrogens is 252 g/mol. The van der Waals surface area contributed by atoms with E-state index in [4.69, 9.17) is 9.47 Å². The second-order valence-electron chi connectivity index (χ2n) is 5.60. The van der Waals surface area contributed by atoms with Crippen LogP contribution >= 0.6 is 0 Å². The molecule has 1 aromatic rings. The molecule has 0 aromatic heterocycles. The molecule has 3 nitrogen and oxygen atoms in total. The molecule has 0 fully saturated rings. The van der Waals surface area contributed by atoms with E-state index in [1.54, 1.807) is 7.11 Å². The number of aliphatic hydroxyl groups excluding tert-OH is 1. The van der Waals surface area contributed by atoms with Gasteiger partial charge in [0.1, 0.15) is 17.6 Å². The third kappa shape index (κ3) is 3.89. The Kier molecular flexibility index (Phi) is 5.72. The molecule has 20 heavy (non-hydrogen) atoms. The van der Waals surface area contributed by atoms with Crippen molar-refractivity contribution in [2.45, 2.75) is 64.1 Å². The average Bonchev–Trinajstić information content (AvgIpc) is 2.47. The summed E-state index contributed by atoms with van der Waals surface area (Å²) < 4.78 is 11.2. The largest absolute Gasteiger partial charge is 0.497 e. The predicted octanol–water partition coefficient (Wildman–Crippen LogP) is 4.24. The summed E-state index contributed by atoms with van der Waals surface area (Å²) in [6.07, 6.45) is 7.77. The molecule has 1 aliphatic rings. The first-order valence-corrected chi connectivity index (χ1v) is 7.77. The van der Waals surface area contributed by atoms with E-state index in [2.05, 4.69) is 6.92 Å². The minimum Gasteiger partial charge on any atom is -0.497 e. The van der Waals surface area contributed by atoms with Crippen molar-refractivity contribution in [1.29, 1.82) is 0 Å². The van der Waals surface area contributed by atoms with Crippen molar-refractivity contribution in [1.82, 2.24) is 0 Å². The van der Waals surface area contributed by atoms with E-state index in [0.717, 1.165) is 23.5 Å². The van der Waals surface area contributed by atoms with Crippen LogP contribution in [0.3, 0.4) is 0 Å². The highest BCUT2D eigenvalue weighted by molar-refractivity contribution is 5.43. The molecule has 1 N–H and O–H groups in total. The van der Waals surface area contributed by atoms with E-state index in [-0.39, 0.29) is 6.10 Å². The van der Waals surface area contributed by atoms with Gasteiger partial charge in [0.05, 0.1) is 13.2 Å². The van der Waals surface area contributed by atoms with Gasteiger partial charge in [0.2, 0.25) is 0 Å². The van der Waals surface area contributed by atoms with Gasteiger partial charge in [0, 0.05) is 12.0 Å². The van der Waals surface area contributed by atoms with Gasteiger partial charge in [-0.2, -0.15) is 0 Å². The Hall–Kier alpha value is -1.22. The molecule has 0 spiro atoms. The van der Waals surface area contributed by atoms with Crippen molar-refractivity contribution in [2.75, 3.05) is 7.11 Å².